The molecule has 4 bridgehead atoms. The molecule has 0 fully saturated rings. The second-order valence-electron chi connectivity index (χ2n) is 8.09. The number of hydrogen-bond acceptors (Lipinski definition) is 7. The lowest BCUT2D eigenvalue weighted by atomic mass is 9.95. The maximum absolute atomic E-state index is 13.0. The smallest absolute Gasteiger partial charge is 0.346 e. The minimum Gasteiger partial charge on any atom is -0.478 e. The summed E-state index contributed by atoms with van der Waals surface area (Å²) in [6.45, 7) is 0. The van der Waals surface area contributed by atoms with E-state index in [1.807, 2.05) is 0 Å². The molecule has 4 aliphatic rings. The van der Waals surface area contributed by atoms with Gasteiger partial charge in [-0.05, 0) is 52.6 Å². The third-order valence-electron chi connectivity index (χ3n) is 5.88. The standard InChI is InChI=1S/C29H16O8/c30-25(31)24-15-18-13-14-23(24)29(35)37-28(34)22-8-4-2-6-20(22)17-11-9-16(10-12-17)19-5-1-3-7-21(19)27(33)36-26(18)32/h1-15H,(H,30,31). The summed E-state index contributed by atoms with van der Waals surface area (Å²) < 4.78 is 10.0. The van der Waals surface area contributed by atoms with Crippen molar-refractivity contribution in [3.63, 3.8) is 0 Å². The number of hydrogen-bond donors (Lipinski definition) is 1. The van der Waals surface area contributed by atoms with Crippen LogP contribution in [0.3, 0.4) is 0 Å². The molecule has 8 heteroatoms. The zero-order chi connectivity index (χ0) is 26.1. The number of carboxylic acids is 1. The van der Waals surface area contributed by atoms with E-state index >= 15 is 0 Å². The summed E-state index contributed by atoms with van der Waals surface area (Å²) in [5, 5.41) is 9.63. The summed E-state index contributed by atoms with van der Waals surface area (Å²) in [4.78, 5) is 63.2. The monoisotopic (exact) mass is 492 g/mol. The number of ether oxygens (including phenoxy) is 2. The van der Waals surface area contributed by atoms with Gasteiger partial charge >= 0.3 is 29.8 Å². The highest BCUT2D eigenvalue weighted by Crippen LogP contribution is 2.30. The number of rotatable bonds is 1. The van der Waals surface area contributed by atoms with Crippen LogP contribution in [0.2, 0.25) is 0 Å². The molecule has 4 aromatic carbocycles. The summed E-state index contributed by atoms with van der Waals surface area (Å²) in [5.74, 6) is -5.76. The first kappa shape index (κ1) is 23.4. The first-order valence-electron chi connectivity index (χ1n) is 11.0. The van der Waals surface area contributed by atoms with E-state index in [9.17, 15) is 29.1 Å². The van der Waals surface area contributed by atoms with Crippen LogP contribution in [0.25, 0.3) is 22.3 Å². The summed E-state index contributed by atoms with van der Waals surface area (Å²) >= 11 is 0. The Balaban J connectivity index is 1.70. The number of carbonyl (C=O) groups is 5. The SMILES string of the molecule is O=C1OC(=O)c2ccccc2-c2ccc(cc2)-c2ccccc2C(=O)OC(=O)c2ccc1cc2C(=O)O. The highest BCUT2D eigenvalue weighted by molar-refractivity contribution is 6.11. The summed E-state index contributed by atoms with van der Waals surface area (Å²) in [7, 11) is 0. The van der Waals surface area contributed by atoms with Crippen molar-refractivity contribution in [3.8, 4) is 22.3 Å². The molecule has 4 aliphatic heterocycles. The van der Waals surface area contributed by atoms with Crippen LogP contribution in [0.4, 0.5) is 0 Å². The van der Waals surface area contributed by atoms with Crippen LogP contribution in [0.5, 0.6) is 0 Å². The van der Waals surface area contributed by atoms with E-state index in [1.165, 1.54) is 12.1 Å². The Morgan fingerprint density at radius 3 is 1.38 bits per heavy atom. The van der Waals surface area contributed by atoms with Gasteiger partial charge in [-0.3, -0.25) is 0 Å². The van der Waals surface area contributed by atoms with E-state index in [2.05, 4.69) is 0 Å². The first-order valence-corrected chi connectivity index (χ1v) is 11.0. The summed E-state index contributed by atoms with van der Waals surface area (Å²) in [5.41, 5.74) is 1.18. The Kier molecular flexibility index (Phi) is 5.91. The second-order valence-corrected chi connectivity index (χ2v) is 8.09. The molecule has 0 radical (unpaired) electrons. The molecular formula is C29H16O8. The maximum Gasteiger partial charge on any atom is 0.346 e. The van der Waals surface area contributed by atoms with Gasteiger partial charge in [0.05, 0.1) is 27.8 Å². The van der Waals surface area contributed by atoms with E-state index in [0.717, 1.165) is 18.2 Å². The van der Waals surface area contributed by atoms with Crippen LogP contribution < -0.4 is 0 Å². The summed E-state index contributed by atoms with van der Waals surface area (Å²) in [6, 6.07) is 23.1. The largest absolute Gasteiger partial charge is 0.478 e. The van der Waals surface area contributed by atoms with Gasteiger partial charge in [-0.2, -0.15) is 0 Å². The van der Waals surface area contributed by atoms with E-state index in [1.54, 1.807) is 60.7 Å². The fourth-order valence-electron chi connectivity index (χ4n) is 4.07. The quantitative estimate of drug-likeness (QED) is 0.290. The molecule has 0 atom stereocenters. The Morgan fingerprint density at radius 1 is 0.486 bits per heavy atom. The summed E-state index contributed by atoms with van der Waals surface area (Å²) in [6.07, 6.45) is 0. The van der Waals surface area contributed by atoms with Crippen molar-refractivity contribution in [1.82, 2.24) is 0 Å². The van der Waals surface area contributed by atoms with Gasteiger partial charge in [-0.15, -0.1) is 0 Å². The minimum absolute atomic E-state index is 0.0948. The molecule has 37 heavy (non-hydrogen) atoms. The molecule has 0 spiro atoms. The first-order chi connectivity index (χ1) is 17.8. The maximum atomic E-state index is 13.0. The van der Waals surface area contributed by atoms with Crippen LogP contribution in [-0.4, -0.2) is 35.0 Å². The van der Waals surface area contributed by atoms with Gasteiger partial charge in [0, 0.05) is 0 Å². The van der Waals surface area contributed by atoms with Crippen molar-refractivity contribution in [2.24, 2.45) is 0 Å². The Labute approximate surface area is 209 Å². The lowest BCUT2D eigenvalue weighted by Crippen LogP contribution is -2.19. The normalized spacial score (nSPS) is 13.2. The average Bonchev–Trinajstić information content (AvgIpc) is 2.92. The van der Waals surface area contributed by atoms with Gasteiger partial charge in [-0.25, -0.2) is 24.0 Å². The van der Waals surface area contributed by atoms with Gasteiger partial charge in [0.15, 0.2) is 0 Å². The van der Waals surface area contributed by atoms with Crippen molar-refractivity contribution >= 4 is 29.8 Å². The van der Waals surface area contributed by atoms with E-state index in [0.29, 0.717) is 22.3 Å². The number of carbonyl (C=O) groups excluding carboxylic acids is 4. The van der Waals surface area contributed by atoms with Crippen molar-refractivity contribution in [2.75, 3.05) is 0 Å². The minimum atomic E-state index is -1.54. The van der Waals surface area contributed by atoms with Crippen LogP contribution in [0.15, 0.2) is 91.0 Å². The van der Waals surface area contributed by atoms with Crippen molar-refractivity contribution in [1.29, 1.82) is 0 Å². The zero-order valence-electron chi connectivity index (χ0n) is 19.0. The fourth-order valence-corrected chi connectivity index (χ4v) is 4.07. The van der Waals surface area contributed by atoms with Gasteiger partial charge < -0.3 is 14.6 Å². The third kappa shape index (κ3) is 4.39. The lowest BCUT2D eigenvalue weighted by molar-refractivity contribution is 0.0375. The van der Waals surface area contributed by atoms with Crippen LogP contribution in [0, 0.1) is 0 Å². The highest BCUT2D eigenvalue weighted by atomic mass is 16.6. The fraction of sp³-hybridized carbons (Fsp3) is 0. The molecule has 0 amide bonds. The van der Waals surface area contributed by atoms with E-state index < -0.39 is 41.0 Å². The number of benzene rings is 4. The highest BCUT2D eigenvalue weighted by Gasteiger charge is 2.26. The van der Waals surface area contributed by atoms with Gasteiger partial charge in [-0.1, -0.05) is 60.7 Å². The molecule has 0 aromatic heterocycles. The predicted octanol–water partition coefficient (Wildman–Crippen LogP) is 5.03. The predicted molar refractivity (Wildman–Crippen MR) is 130 cm³/mol. The topological polar surface area (TPSA) is 124 Å². The van der Waals surface area contributed by atoms with Crippen LogP contribution in [-0.2, 0) is 9.47 Å². The number of aromatic carboxylic acids is 1. The van der Waals surface area contributed by atoms with Crippen LogP contribution >= 0.6 is 0 Å². The van der Waals surface area contributed by atoms with Gasteiger partial charge in [0.25, 0.3) is 0 Å². The van der Waals surface area contributed by atoms with Gasteiger partial charge in [0.1, 0.15) is 0 Å². The lowest BCUT2D eigenvalue weighted by Gasteiger charge is -2.13. The average molecular weight is 492 g/mol. The van der Waals surface area contributed by atoms with Crippen molar-refractivity contribution in [3.05, 3.63) is 119 Å². The number of esters is 4. The molecule has 4 heterocycles. The molecule has 0 aliphatic carbocycles. The molecule has 8 rings (SSSR count). The molecule has 4 aromatic rings. The number of carboxylic acid groups (broad SMARTS) is 1. The zero-order valence-corrected chi connectivity index (χ0v) is 19.0. The van der Waals surface area contributed by atoms with E-state index in [-0.39, 0.29) is 16.7 Å². The van der Waals surface area contributed by atoms with Crippen molar-refractivity contribution in [2.45, 2.75) is 0 Å². The Morgan fingerprint density at radius 2 is 0.892 bits per heavy atom. The molecule has 1 N–H and O–H groups in total. The molecule has 0 saturated carbocycles. The second kappa shape index (κ2) is 9.35. The molecule has 180 valence electrons. The Bertz CT molecular complexity index is 1620. The molecule has 0 saturated heterocycles. The molecule has 8 nitrogen and oxygen atoms in total. The van der Waals surface area contributed by atoms with Crippen molar-refractivity contribution < 1.29 is 38.6 Å². The molecule has 0 unspecified atom stereocenters. The molecular weight excluding hydrogens is 476 g/mol. The van der Waals surface area contributed by atoms with Gasteiger partial charge in [0.2, 0.25) is 0 Å². The van der Waals surface area contributed by atoms with E-state index in [4.69, 9.17) is 9.47 Å². The third-order valence-corrected chi connectivity index (χ3v) is 5.88. The van der Waals surface area contributed by atoms with Crippen LogP contribution in [0.1, 0.15) is 51.8 Å². The Hall–Kier alpha value is -5.37.